The van der Waals surface area contributed by atoms with Crippen LogP contribution in [0.15, 0.2) is 48.8 Å². The van der Waals surface area contributed by atoms with Crippen LogP contribution in [0.4, 0.5) is 0 Å². The predicted octanol–water partition coefficient (Wildman–Crippen LogP) is 3.10. The highest BCUT2D eigenvalue weighted by Crippen LogP contribution is 2.13. The minimum absolute atomic E-state index is 0.0335. The molecular formula is C15H15ClN2O. The first-order valence-corrected chi connectivity index (χ1v) is 6.49. The van der Waals surface area contributed by atoms with Crippen molar-refractivity contribution in [1.29, 1.82) is 0 Å². The van der Waals surface area contributed by atoms with Crippen molar-refractivity contribution in [3.8, 4) is 0 Å². The van der Waals surface area contributed by atoms with Gasteiger partial charge in [-0.3, -0.25) is 9.78 Å². The molecule has 4 heteroatoms. The van der Waals surface area contributed by atoms with Crippen molar-refractivity contribution < 1.29 is 4.79 Å². The second-order valence-electron chi connectivity index (χ2n) is 4.42. The van der Waals surface area contributed by atoms with Gasteiger partial charge >= 0.3 is 0 Å². The van der Waals surface area contributed by atoms with E-state index in [9.17, 15) is 4.79 Å². The summed E-state index contributed by atoms with van der Waals surface area (Å²) in [6.45, 7) is 1.97. The number of halogens is 1. The van der Waals surface area contributed by atoms with Gasteiger partial charge in [0.2, 0.25) is 0 Å². The number of benzene rings is 1. The van der Waals surface area contributed by atoms with Crippen molar-refractivity contribution in [1.82, 2.24) is 10.3 Å². The van der Waals surface area contributed by atoms with Gasteiger partial charge in [0.1, 0.15) is 0 Å². The van der Waals surface area contributed by atoms with Crippen LogP contribution >= 0.6 is 11.6 Å². The van der Waals surface area contributed by atoms with Gasteiger partial charge in [0.25, 0.3) is 5.91 Å². The van der Waals surface area contributed by atoms with Crippen molar-refractivity contribution in [3.05, 3.63) is 64.9 Å². The van der Waals surface area contributed by atoms with Crippen molar-refractivity contribution in [2.75, 3.05) is 0 Å². The van der Waals surface area contributed by atoms with Crippen LogP contribution in [-0.4, -0.2) is 16.9 Å². The maximum absolute atomic E-state index is 12.0. The Labute approximate surface area is 117 Å². The fourth-order valence-electron chi connectivity index (χ4n) is 1.86. The van der Waals surface area contributed by atoms with Crippen LogP contribution in [0.3, 0.4) is 0 Å². The Hall–Kier alpha value is -1.87. The zero-order valence-corrected chi connectivity index (χ0v) is 11.4. The number of amides is 1. The van der Waals surface area contributed by atoms with E-state index in [1.807, 2.05) is 37.3 Å². The summed E-state index contributed by atoms with van der Waals surface area (Å²) in [5.41, 5.74) is 1.59. The molecule has 1 amide bonds. The van der Waals surface area contributed by atoms with Crippen molar-refractivity contribution >= 4 is 17.5 Å². The number of pyridine rings is 1. The second kappa shape index (κ2) is 6.34. The number of nitrogens with one attached hydrogen (secondary N) is 1. The van der Waals surface area contributed by atoms with Gasteiger partial charge in [-0.05, 0) is 25.0 Å². The van der Waals surface area contributed by atoms with Crippen LogP contribution in [0.25, 0.3) is 0 Å². The van der Waals surface area contributed by atoms with E-state index in [2.05, 4.69) is 10.3 Å². The van der Waals surface area contributed by atoms with E-state index in [0.29, 0.717) is 10.6 Å². The summed E-state index contributed by atoms with van der Waals surface area (Å²) in [6, 6.07) is 11.7. The lowest BCUT2D eigenvalue weighted by atomic mass is 10.1. The SMILES string of the molecule is CC(Cc1ccccc1)NC(=O)c1cnccc1Cl. The highest BCUT2D eigenvalue weighted by atomic mass is 35.5. The van der Waals surface area contributed by atoms with Crippen LogP contribution in [0.1, 0.15) is 22.8 Å². The van der Waals surface area contributed by atoms with E-state index < -0.39 is 0 Å². The lowest BCUT2D eigenvalue weighted by Crippen LogP contribution is -2.34. The molecule has 1 aromatic carbocycles. The van der Waals surface area contributed by atoms with Crippen LogP contribution in [0.5, 0.6) is 0 Å². The lowest BCUT2D eigenvalue weighted by Gasteiger charge is -2.14. The number of rotatable bonds is 4. The average Bonchev–Trinajstić information content (AvgIpc) is 2.40. The van der Waals surface area contributed by atoms with Gasteiger partial charge in [0.15, 0.2) is 0 Å². The van der Waals surface area contributed by atoms with Crippen molar-refractivity contribution in [2.24, 2.45) is 0 Å². The molecule has 0 aliphatic carbocycles. The summed E-state index contributed by atoms with van der Waals surface area (Å²) in [5.74, 6) is -0.193. The fourth-order valence-corrected chi connectivity index (χ4v) is 2.06. The molecule has 1 unspecified atom stereocenters. The van der Waals surface area contributed by atoms with Gasteiger partial charge < -0.3 is 5.32 Å². The Morgan fingerprint density at radius 1 is 1.32 bits per heavy atom. The smallest absolute Gasteiger partial charge is 0.254 e. The summed E-state index contributed by atoms with van der Waals surface area (Å²) < 4.78 is 0. The number of hydrogen-bond donors (Lipinski definition) is 1. The normalized spacial score (nSPS) is 11.9. The third-order valence-electron chi connectivity index (χ3n) is 2.77. The van der Waals surface area contributed by atoms with E-state index in [1.54, 1.807) is 12.3 Å². The van der Waals surface area contributed by atoms with Gasteiger partial charge in [-0.2, -0.15) is 0 Å². The summed E-state index contributed by atoms with van der Waals surface area (Å²) >= 11 is 5.96. The molecule has 1 N–H and O–H groups in total. The maximum Gasteiger partial charge on any atom is 0.254 e. The van der Waals surface area contributed by atoms with Crippen LogP contribution in [0.2, 0.25) is 5.02 Å². The minimum Gasteiger partial charge on any atom is -0.349 e. The van der Waals surface area contributed by atoms with E-state index >= 15 is 0 Å². The number of carbonyl (C=O) groups is 1. The molecule has 0 saturated heterocycles. The maximum atomic E-state index is 12.0. The van der Waals surface area contributed by atoms with Gasteiger partial charge in [0, 0.05) is 18.4 Å². The van der Waals surface area contributed by atoms with Gasteiger partial charge in [-0.1, -0.05) is 41.9 Å². The molecule has 2 aromatic rings. The molecular weight excluding hydrogens is 260 g/mol. The highest BCUT2D eigenvalue weighted by Gasteiger charge is 2.13. The minimum atomic E-state index is -0.193. The number of hydrogen-bond acceptors (Lipinski definition) is 2. The van der Waals surface area contributed by atoms with Gasteiger partial charge in [-0.25, -0.2) is 0 Å². The van der Waals surface area contributed by atoms with E-state index in [1.165, 1.54) is 11.8 Å². The summed E-state index contributed by atoms with van der Waals surface area (Å²) in [5, 5.41) is 3.34. The first kappa shape index (κ1) is 13.6. The second-order valence-corrected chi connectivity index (χ2v) is 4.83. The first-order chi connectivity index (χ1) is 9.16. The van der Waals surface area contributed by atoms with Gasteiger partial charge in [0.05, 0.1) is 10.6 Å². The number of nitrogens with zero attached hydrogens (tertiary/aromatic N) is 1. The fraction of sp³-hybridized carbons (Fsp3) is 0.200. The zero-order valence-electron chi connectivity index (χ0n) is 10.6. The van der Waals surface area contributed by atoms with Gasteiger partial charge in [-0.15, -0.1) is 0 Å². The first-order valence-electron chi connectivity index (χ1n) is 6.11. The average molecular weight is 275 g/mol. The monoisotopic (exact) mass is 274 g/mol. The molecule has 0 fully saturated rings. The molecule has 1 atom stereocenters. The lowest BCUT2D eigenvalue weighted by molar-refractivity contribution is 0.0940. The molecule has 1 heterocycles. The van der Waals surface area contributed by atoms with E-state index in [-0.39, 0.29) is 11.9 Å². The number of carbonyl (C=O) groups excluding carboxylic acids is 1. The molecule has 3 nitrogen and oxygen atoms in total. The standard InChI is InChI=1S/C15H15ClN2O/c1-11(9-12-5-3-2-4-6-12)18-15(19)13-10-17-8-7-14(13)16/h2-8,10-11H,9H2,1H3,(H,18,19). The summed E-state index contributed by atoms with van der Waals surface area (Å²) in [6.07, 6.45) is 3.82. The van der Waals surface area contributed by atoms with E-state index in [4.69, 9.17) is 11.6 Å². The molecule has 0 aliphatic heterocycles. The topological polar surface area (TPSA) is 42.0 Å². The van der Waals surface area contributed by atoms with Crippen LogP contribution in [-0.2, 0) is 6.42 Å². The molecule has 0 radical (unpaired) electrons. The molecule has 1 aromatic heterocycles. The molecule has 0 saturated carbocycles. The van der Waals surface area contributed by atoms with Crippen LogP contribution < -0.4 is 5.32 Å². The Morgan fingerprint density at radius 2 is 2.05 bits per heavy atom. The Bertz CT molecular complexity index is 557. The zero-order chi connectivity index (χ0) is 13.7. The van der Waals surface area contributed by atoms with Crippen LogP contribution in [0, 0.1) is 0 Å². The molecule has 0 aliphatic rings. The third kappa shape index (κ3) is 3.80. The summed E-state index contributed by atoms with van der Waals surface area (Å²) in [7, 11) is 0. The predicted molar refractivity (Wildman–Crippen MR) is 76.3 cm³/mol. The quantitative estimate of drug-likeness (QED) is 0.931. The van der Waals surface area contributed by atoms with Crippen molar-refractivity contribution in [2.45, 2.75) is 19.4 Å². The Morgan fingerprint density at radius 3 is 2.74 bits per heavy atom. The molecule has 19 heavy (non-hydrogen) atoms. The summed E-state index contributed by atoms with van der Waals surface area (Å²) in [4.78, 5) is 15.9. The molecule has 98 valence electrons. The highest BCUT2D eigenvalue weighted by molar-refractivity contribution is 6.33. The molecule has 2 rings (SSSR count). The molecule has 0 bridgehead atoms. The Kier molecular flexibility index (Phi) is 4.53. The van der Waals surface area contributed by atoms with E-state index in [0.717, 1.165) is 6.42 Å². The third-order valence-corrected chi connectivity index (χ3v) is 3.10. The molecule has 0 spiro atoms. The Balaban J connectivity index is 1.98. The number of aromatic nitrogens is 1. The largest absolute Gasteiger partial charge is 0.349 e. The van der Waals surface area contributed by atoms with Crippen molar-refractivity contribution in [3.63, 3.8) is 0 Å².